The van der Waals surface area contributed by atoms with Crippen molar-refractivity contribution in [1.82, 2.24) is 0 Å². The molecule has 1 nitrogen and oxygen atoms in total. The molecule has 3 heteroatoms. The highest BCUT2D eigenvalue weighted by molar-refractivity contribution is 6.25. The minimum atomic E-state index is 0.668. The first-order valence-electron chi connectivity index (χ1n) is 4.51. The predicted octanol–water partition coefficient (Wildman–Crippen LogP) is 3.63. The Hall–Kier alpha value is -0.660. The van der Waals surface area contributed by atoms with Crippen molar-refractivity contribution in [2.45, 2.75) is 6.42 Å². The summed E-state index contributed by atoms with van der Waals surface area (Å²) in [5, 5.41) is 3.21. The van der Waals surface area contributed by atoms with Gasteiger partial charge in [0.15, 0.2) is 0 Å². The molecule has 0 atom stereocenters. The molecule has 76 valence electrons. The van der Waals surface area contributed by atoms with Crippen LogP contribution in [0.15, 0.2) is 35.9 Å². The van der Waals surface area contributed by atoms with Crippen molar-refractivity contribution in [3.8, 4) is 0 Å². The molecule has 0 bridgehead atoms. The highest BCUT2D eigenvalue weighted by atomic mass is 35.5. The van der Waals surface area contributed by atoms with Gasteiger partial charge in [0, 0.05) is 23.6 Å². The Morgan fingerprint density at radius 3 is 2.50 bits per heavy atom. The fraction of sp³-hybridized carbons (Fsp3) is 0.273. The van der Waals surface area contributed by atoms with Crippen LogP contribution in [0.1, 0.15) is 5.56 Å². The van der Waals surface area contributed by atoms with E-state index in [0.29, 0.717) is 5.88 Å². The zero-order chi connectivity index (χ0) is 10.2. The Morgan fingerprint density at radius 2 is 1.93 bits per heavy atom. The molecule has 0 aromatic heterocycles. The molecule has 1 N–H and O–H groups in total. The summed E-state index contributed by atoms with van der Waals surface area (Å²) < 4.78 is 0. The molecule has 0 fully saturated rings. The second-order valence-electron chi connectivity index (χ2n) is 2.88. The minimum absolute atomic E-state index is 0.668. The molecular weight excluding hydrogens is 217 g/mol. The summed E-state index contributed by atoms with van der Waals surface area (Å²) in [5.41, 5.74) is 3.87. The second kappa shape index (κ2) is 6.74. The van der Waals surface area contributed by atoms with E-state index in [-0.39, 0.29) is 0 Å². The molecule has 1 aromatic carbocycles. The van der Waals surface area contributed by atoms with Crippen LogP contribution in [0.2, 0.25) is 0 Å². The van der Waals surface area contributed by atoms with Crippen molar-refractivity contribution in [2.24, 2.45) is 0 Å². The fourth-order valence-corrected chi connectivity index (χ4v) is 1.43. The molecule has 14 heavy (non-hydrogen) atoms. The lowest BCUT2D eigenvalue weighted by atomic mass is 10.1. The Labute approximate surface area is 94.7 Å². The first-order chi connectivity index (χ1) is 6.86. The molecule has 0 saturated carbocycles. The molecule has 0 heterocycles. The lowest BCUT2D eigenvalue weighted by molar-refractivity contribution is 1.15. The van der Waals surface area contributed by atoms with Crippen LogP contribution in [0.5, 0.6) is 0 Å². The number of hydrogen-bond acceptors (Lipinski definition) is 1. The first kappa shape index (κ1) is 11.4. The van der Waals surface area contributed by atoms with Crippen molar-refractivity contribution >= 4 is 28.9 Å². The number of nitrogens with one attached hydrogen (secondary N) is 1. The predicted molar refractivity (Wildman–Crippen MR) is 64.3 cm³/mol. The highest BCUT2D eigenvalue weighted by Gasteiger charge is 1.92. The average molecular weight is 230 g/mol. The molecule has 0 saturated heterocycles. The number of hydrogen-bond donors (Lipinski definition) is 1. The normalized spacial score (nSPS) is 10.7. The van der Waals surface area contributed by atoms with Crippen molar-refractivity contribution in [3.63, 3.8) is 0 Å². The van der Waals surface area contributed by atoms with E-state index in [2.05, 4.69) is 17.4 Å². The zero-order valence-electron chi connectivity index (χ0n) is 7.84. The maximum Gasteiger partial charge on any atom is 0.0342 e. The van der Waals surface area contributed by atoms with E-state index in [9.17, 15) is 0 Å². The molecule has 1 rings (SSSR count). The molecule has 0 amide bonds. The van der Waals surface area contributed by atoms with Gasteiger partial charge in [-0.05, 0) is 24.1 Å². The smallest absolute Gasteiger partial charge is 0.0342 e. The van der Waals surface area contributed by atoms with Crippen LogP contribution in [0.25, 0.3) is 0 Å². The number of anilines is 1. The number of halogens is 2. The largest absolute Gasteiger partial charge is 0.382 e. The summed E-state index contributed by atoms with van der Waals surface area (Å²) in [6.07, 6.45) is 2.78. The monoisotopic (exact) mass is 229 g/mol. The number of benzene rings is 1. The fourth-order valence-electron chi connectivity index (χ4n) is 1.12. The van der Waals surface area contributed by atoms with E-state index in [1.165, 1.54) is 11.1 Å². The first-order valence-corrected chi connectivity index (χ1v) is 5.48. The van der Waals surface area contributed by atoms with Crippen LogP contribution in [-0.4, -0.2) is 12.4 Å². The molecular formula is C11H13Cl2N. The van der Waals surface area contributed by atoms with Crippen molar-refractivity contribution in [3.05, 3.63) is 41.4 Å². The van der Waals surface area contributed by atoms with Gasteiger partial charge in [0.05, 0.1) is 0 Å². The molecule has 0 unspecified atom stereocenters. The quantitative estimate of drug-likeness (QED) is 0.761. The van der Waals surface area contributed by atoms with Gasteiger partial charge in [-0.3, -0.25) is 0 Å². The van der Waals surface area contributed by atoms with Gasteiger partial charge >= 0.3 is 0 Å². The molecule has 1 aromatic rings. The van der Waals surface area contributed by atoms with E-state index in [1.54, 1.807) is 0 Å². The van der Waals surface area contributed by atoms with Gasteiger partial charge in [0.25, 0.3) is 0 Å². The topological polar surface area (TPSA) is 12.0 Å². The van der Waals surface area contributed by atoms with Gasteiger partial charge in [-0.15, -0.1) is 11.6 Å². The summed E-state index contributed by atoms with van der Waals surface area (Å²) in [4.78, 5) is 0. The van der Waals surface area contributed by atoms with Crippen molar-refractivity contribution in [2.75, 3.05) is 17.7 Å². The standard InChI is InChI=1S/C11H13Cl2N/c12-7-1-9-14-11-4-2-10(3-5-11)6-8-13/h1-5,7,14H,6,8-9H2/b7-1+. The van der Waals surface area contributed by atoms with Gasteiger partial charge in [-0.2, -0.15) is 0 Å². The van der Waals surface area contributed by atoms with Gasteiger partial charge in [0.1, 0.15) is 0 Å². The van der Waals surface area contributed by atoms with Crippen LogP contribution >= 0.6 is 23.2 Å². The molecule has 0 aliphatic heterocycles. The zero-order valence-corrected chi connectivity index (χ0v) is 9.35. The molecule has 0 radical (unpaired) electrons. The van der Waals surface area contributed by atoms with Gasteiger partial charge in [-0.25, -0.2) is 0 Å². The maximum atomic E-state index is 5.64. The second-order valence-corrected chi connectivity index (χ2v) is 3.51. The molecule has 0 aliphatic carbocycles. The highest BCUT2D eigenvalue weighted by Crippen LogP contribution is 2.10. The van der Waals surface area contributed by atoms with Crippen LogP contribution in [0, 0.1) is 0 Å². The van der Waals surface area contributed by atoms with Crippen LogP contribution in [0.3, 0.4) is 0 Å². The third-order valence-electron chi connectivity index (χ3n) is 1.85. The number of aryl methyl sites for hydroxylation is 1. The Kier molecular flexibility index (Phi) is 5.50. The van der Waals surface area contributed by atoms with Gasteiger partial charge < -0.3 is 5.32 Å². The lowest BCUT2D eigenvalue weighted by Crippen LogP contribution is -1.97. The summed E-state index contributed by atoms with van der Waals surface area (Å²) in [6, 6.07) is 8.25. The van der Waals surface area contributed by atoms with Crippen LogP contribution in [0.4, 0.5) is 5.69 Å². The SMILES string of the molecule is Cl/C=C/CNc1ccc(CCCl)cc1. The van der Waals surface area contributed by atoms with Crippen molar-refractivity contribution in [1.29, 1.82) is 0 Å². The van der Waals surface area contributed by atoms with Crippen molar-refractivity contribution < 1.29 is 0 Å². The van der Waals surface area contributed by atoms with Crippen LogP contribution in [-0.2, 0) is 6.42 Å². The minimum Gasteiger partial charge on any atom is -0.382 e. The summed E-state index contributed by atoms with van der Waals surface area (Å²) in [6.45, 7) is 0.748. The Bertz CT molecular complexity index is 280. The van der Waals surface area contributed by atoms with Gasteiger partial charge in [0.2, 0.25) is 0 Å². The van der Waals surface area contributed by atoms with E-state index >= 15 is 0 Å². The summed E-state index contributed by atoms with van der Waals surface area (Å²) in [7, 11) is 0. The lowest BCUT2D eigenvalue weighted by Gasteiger charge is -2.04. The third-order valence-corrected chi connectivity index (χ3v) is 2.22. The molecule has 0 aliphatic rings. The van der Waals surface area contributed by atoms with E-state index < -0.39 is 0 Å². The number of rotatable bonds is 5. The summed E-state index contributed by atoms with van der Waals surface area (Å²) in [5.74, 6) is 0.668. The van der Waals surface area contributed by atoms with E-state index in [4.69, 9.17) is 23.2 Å². The Balaban J connectivity index is 2.46. The third kappa shape index (κ3) is 4.03. The Morgan fingerprint density at radius 1 is 1.21 bits per heavy atom. The average Bonchev–Trinajstić information content (AvgIpc) is 2.21. The summed E-state index contributed by atoms with van der Waals surface area (Å²) >= 11 is 11.0. The molecule has 0 spiro atoms. The van der Waals surface area contributed by atoms with Gasteiger partial charge in [-0.1, -0.05) is 29.8 Å². The number of alkyl halides is 1. The van der Waals surface area contributed by atoms with Crippen LogP contribution < -0.4 is 5.32 Å². The van der Waals surface area contributed by atoms with E-state index in [1.807, 2.05) is 18.2 Å². The maximum absolute atomic E-state index is 5.64. The van der Waals surface area contributed by atoms with E-state index in [0.717, 1.165) is 18.7 Å².